The number of esters is 1. The molecule has 0 fully saturated rings. The summed E-state index contributed by atoms with van der Waals surface area (Å²) in [6.45, 7) is 13.4. The number of unbranched alkanes of at least 4 members (excludes halogenated alkanes) is 3. The molecule has 0 saturated heterocycles. The summed E-state index contributed by atoms with van der Waals surface area (Å²) in [7, 11) is 0. The van der Waals surface area contributed by atoms with Crippen LogP contribution in [0.4, 0.5) is 5.69 Å². The molecule has 2 aliphatic heterocycles. The summed E-state index contributed by atoms with van der Waals surface area (Å²) in [5.74, 6) is 8.90. The molecule has 1 N–H and O–H groups in total. The minimum absolute atomic E-state index is 0.00548. The molecular formula is C37H43NO3S. The Hall–Kier alpha value is -3.36. The molecule has 3 aromatic rings. The highest BCUT2D eigenvalue weighted by molar-refractivity contribution is 7.99. The highest BCUT2D eigenvalue weighted by Gasteiger charge is 2.39. The molecule has 0 unspecified atom stereocenters. The SMILES string of the molecule is CCCCCCSc1cc2c(cc1C#Cc1cc3c4c(cccc4c1)NC(CC(=O)OCC)=C3)C(C)(C)CC(C)(C)O2. The van der Waals surface area contributed by atoms with Gasteiger partial charge in [-0.05, 0) is 92.1 Å². The van der Waals surface area contributed by atoms with Crippen LogP contribution in [0.15, 0.2) is 53.1 Å². The molecule has 0 aromatic heterocycles. The van der Waals surface area contributed by atoms with E-state index in [4.69, 9.17) is 9.47 Å². The van der Waals surface area contributed by atoms with Crippen molar-refractivity contribution in [1.29, 1.82) is 0 Å². The van der Waals surface area contributed by atoms with Crippen molar-refractivity contribution in [3.8, 4) is 17.6 Å². The van der Waals surface area contributed by atoms with Gasteiger partial charge in [0.25, 0.3) is 0 Å². The number of fused-ring (bicyclic) bond motifs is 1. The van der Waals surface area contributed by atoms with Gasteiger partial charge in [0.05, 0.1) is 13.0 Å². The fourth-order valence-corrected chi connectivity index (χ4v) is 7.37. The number of thioether (sulfide) groups is 1. The lowest BCUT2D eigenvalue weighted by atomic mass is 9.73. The lowest BCUT2D eigenvalue weighted by molar-refractivity contribution is -0.142. The number of ether oxygens (including phenoxy) is 2. The summed E-state index contributed by atoms with van der Waals surface area (Å²) < 4.78 is 11.7. The van der Waals surface area contributed by atoms with E-state index in [0.717, 1.165) is 56.8 Å². The Morgan fingerprint density at radius 2 is 1.88 bits per heavy atom. The van der Waals surface area contributed by atoms with Crippen LogP contribution in [0.2, 0.25) is 0 Å². The zero-order valence-corrected chi connectivity index (χ0v) is 26.7. The van der Waals surface area contributed by atoms with Crippen LogP contribution in [-0.4, -0.2) is 23.9 Å². The van der Waals surface area contributed by atoms with E-state index >= 15 is 0 Å². The average Bonchev–Trinajstić information content (AvgIpc) is 2.91. The molecule has 220 valence electrons. The predicted octanol–water partition coefficient (Wildman–Crippen LogP) is 9.47. The van der Waals surface area contributed by atoms with E-state index in [1.54, 1.807) is 0 Å². The molecule has 5 rings (SSSR count). The van der Waals surface area contributed by atoms with E-state index in [1.807, 2.05) is 24.8 Å². The smallest absolute Gasteiger partial charge is 0.311 e. The van der Waals surface area contributed by atoms with Gasteiger partial charge in [-0.15, -0.1) is 11.8 Å². The number of benzene rings is 3. The first-order valence-corrected chi connectivity index (χ1v) is 16.3. The van der Waals surface area contributed by atoms with Gasteiger partial charge in [0.1, 0.15) is 11.4 Å². The molecule has 0 spiro atoms. The minimum Gasteiger partial charge on any atom is -0.487 e. The van der Waals surface area contributed by atoms with E-state index in [9.17, 15) is 4.79 Å². The predicted molar refractivity (Wildman–Crippen MR) is 176 cm³/mol. The van der Waals surface area contributed by atoms with Crippen LogP contribution in [0.5, 0.6) is 5.75 Å². The topological polar surface area (TPSA) is 47.6 Å². The normalized spacial score (nSPS) is 15.9. The number of carbonyl (C=O) groups excluding carboxylic acids is 1. The van der Waals surface area contributed by atoms with Crippen molar-refractivity contribution in [3.63, 3.8) is 0 Å². The lowest BCUT2D eigenvalue weighted by Crippen LogP contribution is -2.41. The van der Waals surface area contributed by atoms with Crippen molar-refractivity contribution in [2.75, 3.05) is 17.7 Å². The van der Waals surface area contributed by atoms with Gasteiger partial charge in [0, 0.05) is 38.4 Å². The number of carbonyl (C=O) groups is 1. The highest BCUT2D eigenvalue weighted by Crippen LogP contribution is 2.47. The Balaban J connectivity index is 1.52. The largest absolute Gasteiger partial charge is 0.487 e. The summed E-state index contributed by atoms with van der Waals surface area (Å²) in [5, 5.41) is 5.69. The number of anilines is 1. The van der Waals surface area contributed by atoms with Crippen LogP contribution in [0.3, 0.4) is 0 Å². The van der Waals surface area contributed by atoms with Crippen LogP contribution in [0, 0.1) is 11.8 Å². The molecule has 0 bridgehead atoms. The fourth-order valence-electron chi connectivity index (χ4n) is 6.35. The standard InChI is InChI=1S/C37H43NO3S/c1-7-9-10-11-17-42-33-23-32-30(36(3,4)24-37(5,6)41-32)21-26(33)16-15-25-18-27-13-12-14-31-35(27)28(19-25)20-29(38-31)22-34(39)40-8-2/h12-14,18-21,23,38H,7-11,17,22,24H2,1-6H3. The Morgan fingerprint density at radius 1 is 1.05 bits per heavy atom. The van der Waals surface area contributed by atoms with Gasteiger partial charge >= 0.3 is 5.97 Å². The second kappa shape index (κ2) is 12.5. The number of rotatable bonds is 9. The Bertz CT molecular complexity index is 1590. The second-order valence-electron chi connectivity index (χ2n) is 12.7. The van der Waals surface area contributed by atoms with E-state index in [0.29, 0.717) is 6.61 Å². The number of nitrogens with one attached hydrogen (secondary N) is 1. The maximum atomic E-state index is 12.2. The zero-order valence-electron chi connectivity index (χ0n) is 25.9. The van der Waals surface area contributed by atoms with Gasteiger partial charge in [0.2, 0.25) is 0 Å². The van der Waals surface area contributed by atoms with Crippen molar-refractivity contribution in [2.45, 2.75) is 96.0 Å². The third kappa shape index (κ3) is 6.81. The third-order valence-corrected chi connectivity index (χ3v) is 9.08. The van der Waals surface area contributed by atoms with Gasteiger partial charge in [-0.25, -0.2) is 0 Å². The summed E-state index contributed by atoms with van der Waals surface area (Å²) in [6, 6.07) is 15.0. The maximum absolute atomic E-state index is 12.2. The average molecular weight is 582 g/mol. The molecule has 0 aliphatic carbocycles. The van der Waals surface area contributed by atoms with Crippen LogP contribution in [0.1, 0.15) is 102 Å². The molecular weight excluding hydrogens is 538 g/mol. The van der Waals surface area contributed by atoms with Crippen molar-refractivity contribution in [3.05, 3.63) is 70.4 Å². The Kier molecular flexibility index (Phi) is 8.94. The monoisotopic (exact) mass is 581 g/mol. The first kappa shape index (κ1) is 30.1. The highest BCUT2D eigenvalue weighted by atomic mass is 32.2. The van der Waals surface area contributed by atoms with Crippen LogP contribution in [-0.2, 0) is 14.9 Å². The van der Waals surface area contributed by atoms with Crippen LogP contribution in [0.25, 0.3) is 16.8 Å². The molecule has 0 radical (unpaired) electrons. The van der Waals surface area contributed by atoms with Crippen molar-refractivity contribution in [2.24, 2.45) is 0 Å². The minimum atomic E-state index is -0.231. The van der Waals surface area contributed by atoms with Crippen molar-refractivity contribution < 1.29 is 14.3 Å². The first-order valence-electron chi connectivity index (χ1n) is 15.3. The van der Waals surface area contributed by atoms with Gasteiger partial charge in [-0.2, -0.15) is 0 Å². The summed E-state index contributed by atoms with van der Waals surface area (Å²) in [4.78, 5) is 13.4. The van der Waals surface area contributed by atoms with Gasteiger partial charge in [-0.3, -0.25) is 4.79 Å². The van der Waals surface area contributed by atoms with E-state index < -0.39 is 0 Å². The molecule has 2 heterocycles. The quantitative estimate of drug-likeness (QED) is 0.118. The fraction of sp³-hybridized carbons (Fsp3) is 0.432. The van der Waals surface area contributed by atoms with Gasteiger partial charge in [-0.1, -0.05) is 64.0 Å². The second-order valence-corrected chi connectivity index (χ2v) is 13.8. The molecule has 0 saturated carbocycles. The first-order chi connectivity index (χ1) is 20.1. The number of hydrogen-bond donors (Lipinski definition) is 1. The Labute approximate surface area is 255 Å². The molecule has 2 aliphatic rings. The summed E-state index contributed by atoms with van der Waals surface area (Å²) in [5.41, 5.74) is 5.95. The van der Waals surface area contributed by atoms with Gasteiger partial charge in [0.15, 0.2) is 0 Å². The van der Waals surface area contributed by atoms with Crippen molar-refractivity contribution >= 4 is 40.3 Å². The molecule has 0 amide bonds. The molecule has 42 heavy (non-hydrogen) atoms. The molecule has 0 atom stereocenters. The van der Waals surface area contributed by atoms with Gasteiger partial charge < -0.3 is 14.8 Å². The Morgan fingerprint density at radius 3 is 2.67 bits per heavy atom. The number of hydrogen-bond acceptors (Lipinski definition) is 5. The molecule has 5 heteroatoms. The van der Waals surface area contributed by atoms with Crippen molar-refractivity contribution in [1.82, 2.24) is 0 Å². The van der Waals surface area contributed by atoms with Crippen LogP contribution >= 0.6 is 11.8 Å². The van der Waals surface area contributed by atoms with E-state index in [-0.39, 0.29) is 23.4 Å². The van der Waals surface area contributed by atoms with Crippen LogP contribution < -0.4 is 10.1 Å². The zero-order chi connectivity index (χ0) is 29.9. The summed E-state index contributed by atoms with van der Waals surface area (Å²) >= 11 is 1.89. The van der Waals surface area contributed by atoms with E-state index in [2.05, 4.69) is 94.3 Å². The molecule has 3 aromatic carbocycles. The van der Waals surface area contributed by atoms with E-state index in [1.165, 1.54) is 36.1 Å². The third-order valence-electron chi connectivity index (χ3n) is 7.93. The summed E-state index contributed by atoms with van der Waals surface area (Å²) in [6.07, 6.45) is 8.19. The lowest BCUT2D eigenvalue weighted by Gasteiger charge is -2.42. The molecule has 4 nitrogen and oxygen atoms in total. The maximum Gasteiger partial charge on any atom is 0.311 e.